The summed E-state index contributed by atoms with van der Waals surface area (Å²) >= 11 is 0. The first kappa shape index (κ1) is 12.8. The van der Waals surface area contributed by atoms with Crippen LogP contribution in [0.3, 0.4) is 0 Å². The second-order valence-corrected chi connectivity index (χ2v) is 4.89. The van der Waals surface area contributed by atoms with Crippen molar-refractivity contribution in [3.63, 3.8) is 0 Å². The van der Waals surface area contributed by atoms with E-state index in [4.69, 9.17) is 0 Å². The van der Waals surface area contributed by atoms with Crippen LogP contribution in [0.1, 0.15) is 49.4 Å². The van der Waals surface area contributed by atoms with Crippen LogP contribution in [0.2, 0.25) is 0 Å². The Morgan fingerprint density at radius 3 is 2.33 bits per heavy atom. The van der Waals surface area contributed by atoms with E-state index in [1.807, 2.05) is 25.1 Å². The van der Waals surface area contributed by atoms with Gasteiger partial charge in [0.25, 0.3) is 5.91 Å². The van der Waals surface area contributed by atoms with E-state index in [2.05, 4.69) is 5.32 Å². The average Bonchev–Trinajstić information content (AvgIpc) is 2.88. The zero-order valence-corrected chi connectivity index (χ0v) is 10.7. The molecule has 1 aliphatic carbocycles. The van der Waals surface area contributed by atoms with Crippen LogP contribution in [0, 0.1) is 0 Å². The summed E-state index contributed by atoms with van der Waals surface area (Å²) in [7, 11) is 0. The van der Waals surface area contributed by atoms with E-state index in [1.165, 1.54) is 0 Å². The van der Waals surface area contributed by atoms with Crippen molar-refractivity contribution in [3.8, 4) is 0 Å². The molecule has 96 valence electrons. The predicted octanol–water partition coefficient (Wildman–Crippen LogP) is 2.71. The first-order valence-corrected chi connectivity index (χ1v) is 6.59. The molecule has 3 nitrogen and oxygen atoms in total. The number of amides is 1. The van der Waals surface area contributed by atoms with E-state index in [0.29, 0.717) is 12.0 Å². The Labute approximate surface area is 108 Å². The molecule has 0 atom stereocenters. The molecule has 1 amide bonds. The molecule has 0 spiro atoms. The maximum Gasteiger partial charge on any atom is 0.252 e. The lowest BCUT2D eigenvalue weighted by Crippen LogP contribution is -2.52. The van der Waals surface area contributed by atoms with Crippen molar-refractivity contribution >= 4 is 11.7 Å². The zero-order chi connectivity index (χ0) is 13.0. The molecule has 0 unspecified atom stereocenters. The summed E-state index contributed by atoms with van der Waals surface area (Å²) in [5.41, 5.74) is 0.00877. The van der Waals surface area contributed by atoms with Gasteiger partial charge in [0.15, 0.2) is 5.78 Å². The Hall–Kier alpha value is -1.64. The minimum atomic E-state index is -0.609. The minimum Gasteiger partial charge on any atom is -0.340 e. The highest BCUT2D eigenvalue weighted by molar-refractivity contribution is 5.99. The summed E-state index contributed by atoms with van der Waals surface area (Å²) in [6, 6.07) is 9.08. The van der Waals surface area contributed by atoms with Crippen LogP contribution in [0.5, 0.6) is 0 Å². The van der Waals surface area contributed by atoms with Crippen molar-refractivity contribution < 1.29 is 9.59 Å². The number of ketones is 1. The Bertz CT molecular complexity index is 433. The predicted molar refractivity (Wildman–Crippen MR) is 70.4 cm³/mol. The number of carbonyl (C=O) groups excluding carboxylic acids is 2. The van der Waals surface area contributed by atoms with Crippen molar-refractivity contribution in [3.05, 3.63) is 35.9 Å². The third-order valence-electron chi connectivity index (χ3n) is 3.70. The van der Waals surface area contributed by atoms with Gasteiger partial charge in [-0.2, -0.15) is 0 Å². The van der Waals surface area contributed by atoms with Gasteiger partial charge >= 0.3 is 0 Å². The molecule has 1 N–H and O–H groups in total. The number of carbonyl (C=O) groups is 2. The SMILES string of the molecule is CCC(=O)C1(NC(=O)c2ccccc2)CCCC1. The fraction of sp³-hybridized carbons (Fsp3) is 0.467. The molecule has 0 radical (unpaired) electrons. The smallest absolute Gasteiger partial charge is 0.252 e. The normalized spacial score (nSPS) is 17.4. The van der Waals surface area contributed by atoms with Crippen LogP contribution in [0.15, 0.2) is 30.3 Å². The third kappa shape index (κ3) is 2.45. The van der Waals surface area contributed by atoms with E-state index in [1.54, 1.807) is 12.1 Å². The summed E-state index contributed by atoms with van der Waals surface area (Å²) in [5.74, 6) is 0.0172. The van der Waals surface area contributed by atoms with E-state index in [0.717, 1.165) is 25.7 Å². The lowest BCUT2D eigenvalue weighted by molar-refractivity contribution is -0.124. The van der Waals surface area contributed by atoms with Crippen LogP contribution in [-0.2, 0) is 4.79 Å². The summed E-state index contributed by atoms with van der Waals surface area (Å²) in [4.78, 5) is 24.3. The molecule has 18 heavy (non-hydrogen) atoms. The number of nitrogens with one attached hydrogen (secondary N) is 1. The van der Waals surface area contributed by atoms with Gasteiger partial charge in [-0.15, -0.1) is 0 Å². The van der Waals surface area contributed by atoms with Crippen LogP contribution in [0.25, 0.3) is 0 Å². The molecule has 0 aliphatic heterocycles. The molecule has 3 heteroatoms. The highest BCUT2D eigenvalue weighted by Crippen LogP contribution is 2.31. The van der Waals surface area contributed by atoms with Crippen LogP contribution in [-0.4, -0.2) is 17.2 Å². The number of rotatable bonds is 4. The van der Waals surface area contributed by atoms with Crippen molar-refractivity contribution in [2.75, 3.05) is 0 Å². The number of hydrogen-bond acceptors (Lipinski definition) is 2. The lowest BCUT2D eigenvalue weighted by Gasteiger charge is -2.28. The van der Waals surface area contributed by atoms with Crippen molar-refractivity contribution in [2.45, 2.75) is 44.6 Å². The fourth-order valence-corrected chi connectivity index (χ4v) is 2.67. The molecule has 1 aromatic rings. The summed E-state index contributed by atoms with van der Waals surface area (Å²) < 4.78 is 0. The number of benzene rings is 1. The highest BCUT2D eigenvalue weighted by atomic mass is 16.2. The molecule has 0 bridgehead atoms. The van der Waals surface area contributed by atoms with Gasteiger partial charge in [0.2, 0.25) is 0 Å². The first-order chi connectivity index (χ1) is 8.68. The highest BCUT2D eigenvalue weighted by Gasteiger charge is 2.40. The van der Waals surface area contributed by atoms with E-state index in [9.17, 15) is 9.59 Å². The summed E-state index contributed by atoms with van der Waals surface area (Å²) in [5, 5.41) is 2.97. The average molecular weight is 245 g/mol. The summed E-state index contributed by atoms with van der Waals surface area (Å²) in [6.45, 7) is 1.86. The van der Waals surface area contributed by atoms with Crippen molar-refractivity contribution in [1.82, 2.24) is 5.32 Å². The monoisotopic (exact) mass is 245 g/mol. The number of hydrogen-bond donors (Lipinski definition) is 1. The molecular formula is C15H19NO2. The molecule has 1 saturated carbocycles. The fourth-order valence-electron chi connectivity index (χ4n) is 2.67. The van der Waals surface area contributed by atoms with Crippen LogP contribution in [0.4, 0.5) is 0 Å². The van der Waals surface area contributed by atoms with Gasteiger partial charge in [-0.1, -0.05) is 38.0 Å². The zero-order valence-electron chi connectivity index (χ0n) is 10.7. The van der Waals surface area contributed by atoms with Crippen molar-refractivity contribution in [1.29, 1.82) is 0 Å². The van der Waals surface area contributed by atoms with Gasteiger partial charge in [-0.05, 0) is 25.0 Å². The van der Waals surface area contributed by atoms with Gasteiger partial charge in [0.1, 0.15) is 0 Å². The Morgan fingerprint density at radius 1 is 1.17 bits per heavy atom. The van der Waals surface area contributed by atoms with Gasteiger partial charge in [0.05, 0.1) is 5.54 Å². The Kier molecular flexibility index (Phi) is 3.80. The molecule has 1 fully saturated rings. The lowest BCUT2D eigenvalue weighted by atomic mass is 9.90. The number of Topliss-reactive ketones (excluding diaryl/α,β-unsaturated/α-hetero) is 1. The third-order valence-corrected chi connectivity index (χ3v) is 3.70. The van der Waals surface area contributed by atoms with Gasteiger partial charge < -0.3 is 5.32 Å². The molecule has 1 aromatic carbocycles. The molecule has 0 aromatic heterocycles. The topological polar surface area (TPSA) is 46.2 Å². The quantitative estimate of drug-likeness (QED) is 0.886. The molecule has 0 heterocycles. The molecular weight excluding hydrogens is 226 g/mol. The Morgan fingerprint density at radius 2 is 1.78 bits per heavy atom. The second-order valence-electron chi connectivity index (χ2n) is 4.89. The molecule has 2 rings (SSSR count). The van der Waals surface area contributed by atoms with E-state index in [-0.39, 0.29) is 11.7 Å². The maximum absolute atomic E-state index is 12.2. The van der Waals surface area contributed by atoms with Crippen LogP contribution < -0.4 is 5.32 Å². The molecule has 0 saturated heterocycles. The van der Waals surface area contributed by atoms with Crippen LogP contribution >= 0.6 is 0 Å². The van der Waals surface area contributed by atoms with Gasteiger partial charge in [-0.25, -0.2) is 0 Å². The maximum atomic E-state index is 12.2. The van der Waals surface area contributed by atoms with Crippen molar-refractivity contribution in [2.24, 2.45) is 0 Å². The van der Waals surface area contributed by atoms with E-state index >= 15 is 0 Å². The Balaban J connectivity index is 2.15. The molecule has 1 aliphatic rings. The van der Waals surface area contributed by atoms with Gasteiger partial charge in [-0.3, -0.25) is 9.59 Å². The minimum absolute atomic E-state index is 0.140. The largest absolute Gasteiger partial charge is 0.340 e. The summed E-state index contributed by atoms with van der Waals surface area (Å²) in [6.07, 6.45) is 4.06. The standard InChI is InChI=1S/C15H19NO2/c1-2-13(17)15(10-6-7-11-15)16-14(18)12-8-4-3-5-9-12/h3-5,8-9H,2,6-7,10-11H2,1H3,(H,16,18). The van der Waals surface area contributed by atoms with Gasteiger partial charge in [0, 0.05) is 12.0 Å². The van der Waals surface area contributed by atoms with E-state index < -0.39 is 5.54 Å². The first-order valence-electron chi connectivity index (χ1n) is 6.59. The second kappa shape index (κ2) is 5.34.